The van der Waals surface area contributed by atoms with E-state index in [2.05, 4.69) is 25.5 Å². The van der Waals surface area contributed by atoms with Crippen LogP contribution in [0, 0.1) is 0 Å². The molecule has 0 amide bonds. The first kappa shape index (κ1) is 20.5. The van der Waals surface area contributed by atoms with Gasteiger partial charge in [-0.15, -0.1) is 10.2 Å². The predicted molar refractivity (Wildman–Crippen MR) is 120 cm³/mol. The molecule has 0 saturated carbocycles. The fraction of sp³-hybridized carbons (Fsp3) is 0.458. The zero-order valence-corrected chi connectivity index (χ0v) is 18.2. The Labute approximate surface area is 190 Å². The number of rotatable bonds is 3. The molecule has 0 spiro atoms. The van der Waals surface area contributed by atoms with E-state index >= 15 is 0 Å². The molecule has 5 heterocycles. The van der Waals surface area contributed by atoms with Crippen LogP contribution in [0.5, 0.6) is 5.75 Å². The van der Waals surface area contributed by atoms with Gasteiger partial charge in [0.05, 0.1) is 17.4 Å². The topological polar surface area (TPSA) is 79.1 Å². The molecule has 33 heavy (non-hydrogen) atoms. The molecule has 0 unspecified atom stereocenters. The maximum atomic E-state index is 14.3. The van der Waals surface area contributed by atoms with Gasteiger partial charge in [0.1, 0.15) is 5.75 Å². The van der Waals surface area contributed by atoms with Gasteiger partial charge < -0.3 is 15.3 Å². The van der Waals surface area contributed by atoms with Crippen LogP contribution in [0.4, 0.5) is 14.6 Å². The molecule has 2 N–H and O–H groups in total. The predicted octanol–water partition coefficient (Wildman–Crippen LogP) is 3.71. The summed E-state index contributed by atoms with van der Waals surface area (Å²) in [6.45, 7) is 0.806. The van der Waals surface area contributed by atoms with Gasteiger partial charge in [-0.05, 0) is 61.9 Å². The number of phenols is 1. The molecule has 9 heteroatoms. The second-order valence-electron chi connectivity index (χ2n) is 9.39. The lowest BCUT2D eigenvalue weighted by molar-refractivity contribution is -0.0129. The van der Waals surface area contributed by atoms with Crippen molar-refractivity contribution >= 4 is 5.82 Å². The minimum Gasteiger partial charge on any atom is -0.507 e. The van der Waals surface area contributed by atoms with E-state index in [1.54, 1.807) is 16.9 Å². The van der Waals surface area contributed by atoms with Gasteiger partial charge in [-0.3, -0.25) is 0 Å². The molecule has 3 atom stereocenters. The van der Waals surface area contributed by atoms with Gasteiger partial charge in [-0.25, -0.2) is 13.5 Å². The molecule has 172 valence electrons. The van der Waals surface area contributed by atoms with Crippen LogP contribution in [0.3, 0.4) is 0 Å². The van der Waals surface area contributed by atoms with Crippen LogP contribution in [0.2, 0.25) is 0 Å². The molecule has 2 fully saturated rings. The third-order valence-electron chi connectivity index (χ3n) is 7.21. The molecule has 2 bridgehead atoms. The molecular weight excluding hydrogens is 426 g/mol. The lowest BCUT2D eigenvalue weighted by Crippen LogP contribution is -2.51. The largest absolute Gasteiger partial charge is 0.507 e. The number of alkyl halides is 2. The van der Waals surface area contributed by atoms with Crippen molar-refractivity contribution in [1.29, 1.82) is 0 Å². The maximum absolute atomic E-state index is 14.3. The van der Waals surface area contributed by atoms with Crippen LogP contribution >= 0.6 is 0 Å². The zero-order chi connectivity index (χ0) is 22.6. The molecule has 0 radical (unpaired) electrons. The quantitative estimate of drug-likeness (QED) is 0.631. The zero-order valence-electron chi connectivity index (χ0n) is 18.2. The van der Waals surface area contributed by atoms with E-state index in [1.807, 2.05) is 30.5 Å². The van der Waals surface area contributed by atoms with E-state index in [4.69, 9.17) is 0 Å². The SMILES string of the molecule is Oc1cc(-n2cccn2)ccc1-c1cc2c(nn1)N([C@H]1C[C@@H]3CC(F)(F)[C@H](C1)N3)CCCC2. The van der Waals surface area contributed by atoms with Crippen LogP contribution in [-0.2, 0) is 6.42 Å². The van der Waals surface area contributed by atoms with Crippen molar-refractivity contribution in [2.75, 3.05) is 11.4 Å². The first-order valence-electron chi connectivity index (χ1n) is 11.6. The molecule has 6 rings (SSSR count). The standard InChI is InChI=1S/C24H26F2N6O/c25-24(26)14-16-11-18(13-22(24)28-16)31-8-2-1-4-15-10-20(29-30-23(15)31)19-6-5-17(12-21(19)33)32-9-3-7-27-32/h3,5-7,9-10,12,16,18,22,28,33H,1-2,4,8,11,13-14H2/t16-,18+,22+/m1/s1. The van der Waals surface area contributed by atoms with E-state index in [1.165, 1.54) is 0 Å². The van der Waals surface area contributed by atoms with Gasteiger partial charge in [-0.1, -0.05) is 0 Å². The average Bonchev–Trinajstić information content (AvgIpc) is 3.33. The summed E-state index contributed by atoms with van der Waals surface area (Å²) in [5, 5.41) is 27.0. The Bertz CT molecular complexity index is 1170. The van der Waals surface area contributed by atoms with Crippen molar-refractivity contribution in [2.24, 2.45) is 0 Å². The normalized spacial score (nSPS) is 26.1. The smallest absolute Gasteiger partial charge is 0.264 e. The molecule has 3 aliphatic rings. The number of piperidine rings is 1. The first-order valence-corrected chi connectivity index (χ1v) is 11.6. The molecule has 1 aromatic carbocycles. The Morgan fingerprint density at radius 1 is 1.12 bits per heavy atom. The second kappa shape index (κ2) is 7.76. The Kier molecular flexibility index (Phi) is 4.83. The fourth-order valence-electron chi connectivity index (χ4n) is 5.62. The maximum Gasteiger partial charge on any atom is 0.264 e. The summed E-state index contributed by atoms with van der Waals surface area (Å²) in [5.74, 6) is -1.72. The summed E-state index contributed by atoms with van der Waals surface area (Å²) in [5.41, 5.74) is 3.03. The van der Waals surface area contributed by atoms with Crippen molar-refractivity contribution in [2.45, 2.75) is 62.6 Å². The first-order chi connectivity index (χ1) is 16.0. The minimum atomic E-state index is -2.64. The number of hydrogen-bond acceptors (Lipinski definition) is 6. The van der Waals surface area contributed by atoms with E-state index in [0.717, 1.165) is 42.9 Å². The van der Waals surface area contributed by atoms with Crippen LogP contribution in [0.1, 0.15) is 37.7 Å². The summed E-state index contributed by atoms with van der Waals surface area (Å²) in [6, 6.07) is 8.31. The van der Waals surface area contributed by atoms with E-state index in [0.29, 0.717) is 24.1 Å². The van der Waals surface area contributed by atoms with Gasteiger partial charge in [0.25, 0.3) is 5.92 Å². The molecule has 2 saturated heterocycles. The van der Waals surface area contributed by atoms with Crippen LogP contribution < -0.4 is 10.2 Å². The van der Waals surface area contributed by atoms with Gasteiger partial charge in [0, 0.05) is 49.1 Å². The Balaban J connectivity index is 1.30. The number of aromatic nitrogens is 4. The number of aromatic hydroxyl groups is 1. The van der Waals surface area contributed by atoms with Gasteiger partial charge in [-0.2, -0.15) is 5.10 Å². The number of benzene rings is 1. The number of hydrogen-bond donors (Lipinski definition) is 2. The van der Waals surface area contributed by atoms with E-state index in [9.17, 15) is 13.9 Å². The summed E-state index contributed by atoms with van der Waals surface area (Å²) in [7, 11) is 0. The number of fused-ring (bicyclic) bond motifs is 3. The molecule has 2 aromatic heterocycles. The van der Waals surface area contributed by atoms with Crippen molar-refractivity contribution in [3.8, 4) is 22.7 Å². The summed E-state index contributed by atoms with van der Waals surface area (Å²) >= 11 is 0. The minimum absolute atomic E-state index is 0.0355. The highest BCUT2D eigenvalue weighted by Crippen LogP contribution is 2.42. The van der Waals surface area contributed by atoms with Crippen LogP contribution in [-0.4, -0.2) is 55.7 Å². The number of halogens is 2. The van der Waals surface area contributed by atoms with Crippen molar-refractivity contribution in [1.82, 2.24) is 25.3 Å². The highest BCUT2D eigenvalue weighted by Gasteiger charge is 2.53. The third-order valence-corrected chi connectivity index (χ3v) is 7.21. The Morgan fingerprint density at radius 3 is 2.82 bits per heavy atom. The summed E-state index contributed by atoms with van der Waals surface area (Å²) in [4.78, 5) is 2.21. The highest BCUT2D eigenvalue weighted by atomic mass is 19.3. The van der Waals surface area contributed by atoms with Crippen LogP contribution in [0.15, 0.2) is 42.7 Å². The number of anilines is 1. The number of phenolic OH excluding ortho intramolecular Hbond substituents is 1. The number of nitrogens with zero attached hydrogens (tertiary/aromatic N) is 5. The summed E-state index contributed by atoms with van der Waals surface area (Å²) in [6.07, 6.45) is 7.39. The molecule has 3 aromatic rings. The van der Waals surface area contributed by atoms with E-state index < -0.39 is 12.0 Å². The summed E-state index contributed by atoms with van der Waals surface area (Å²) < 4.78 is 30.2. The Morgan fingerprint density at radius 2 is 2.03 bits per heavy atom. The lowest BCUT2D eigenvalue weighted by atomic mass is 9.97. The number of nitrogens with one attached hydrogen (secondary N) is 1. The lowest BCUT2D eigenvalue weighted by Gasteiger charge is -2.38. The highest BCUT2D eigenvalue weighted by molar-refractivity contribution is 5.70. The van der Waals surface area contributed by atoms with Crippen LogP contribution in [0.25, 0.3) is 16.9 Å². The van der Waals surface area contributed by atoms with Crippen molar-refractivity contribution in [3.63, 3.8) is 0 Å². The molecule has 0 aliphatic carbocycles. The second-order valence-corrected chi connectivity index (χ2v) is 9.39. The molecule has 7 nitrogen and oxygen atoms in total. The Hall–Kier alpha value is -3.07. The van der Waals surface area contributed by atoms with Gasteiger partial charge in [0.2, 0.25) is 0 Å². The number of aryl methyl sites for hydroxylation is 1. The average molecular weight is 453 g/mol. The van der Waals surface area contributed by atoms with Gasteiger partial charge in [0.15, 0.2) is 5.82 Å². The molecule has 3 aliphatic heterocycles. The van der Waals surface area contributed by atoms with Gasteiger partial charge >= 0.3 is 0 Å². The van der Waals surface area contributed by atoms with E-state index in [-0.39, 0.29) is 24.3 Å². The van der Waals surface area contributed by atoms with Crippen molar-refractivity contribution < 1.29 is 13.9 Å². The van der Waals surface area contributed by atoms with Crippen molar-refractivity contribution in [3.05, 3.63) is 48.3 Å². The fourth-order valence-corrected chi connectivity index (χ4v) is 5.62. The molecular formula is C24H26F2N6O. The monoisotopic (exact) mass is 452 g/mol. The third kappa shape index (κ3) is 3.64.